The molecule has 1 fully saturated rings. The summed E-state index contributed by atoms with van der Waals surface area (Å²) in [6.45, 7) is 7.37. The topological polar surface area (TPSA) is 45.4 Å². The van der Waals surface area contributed by atoms with E-state index in [-0.39, 0.29) is 5.54 Å². The number of aromatic nitrogens is 1. The first-order chi connectivity index (χ1) is 8.42. The molecule has 0 amide bonds. The Morgan fingerprint density at radius 3 is 2.78 bits per heavy atom. The van der Waals surface area contributed by atoms with E-state index in [1.54, 1.807) is 6.20 Å². The molecule has 0 atom stereocenters. The van der Waals surface area contributed by atoms with Gasteiger partial charge in [-0.05, 0) is 33.0 Å². The van der Waals surface area contributed by atoms with E-state index in [9.17, 15) is 0 Å². The molecule has 98 valence electrons. The van der Waals surface area contributed by atoms with Gasteiger partial charge < -0.3 is 10.6 Å². The van der Waals surface area contributed by atoms with E-state index in [2.05, 4.69) is 35.7 Å². The Balaban J connectivity index is 2.30. The van der Waals surface area contributed by atoms with Gasteiger partial charge in [0.15, 0.2) is 0 Å². The van der Waals surface area contributed by atoms with Gasteiger partial charge in [-0.3, -0.25) is 4.90 Å². The van der Waals surface area contributed by atoms with Gasteiger partial charge >= 0.3 is 0 Å². The first-order valence-corrected chi connectivity index (χ1v) is 6.53. The third-order valence-corrected chi connectivity index (χ3v) is 3.89. The van der Waals surface area contributed by atoms with Crippen LogP contribution in [0.2, 0.25) is 0 Å². The molecule has 0 unspecified atom stereocenters. The van der Waals surface area contributed by atoms with Crippen molar-refractivity contribution in [2.45, 2.75) is 19.4 Å². The van der Waals surface area contributed by atoms with Gasteiger partial charge in [0.25, 0.3) is 0 Å². The molecule has 5 heteroatoms. The Labute approximate surface area is 114 Å². The molecule has 0 radical (unpaired) electrons. The van der Waals surface area contributed by atoms with Crippen LogP contribution in [0.25, 0.3) is 0 Å². The molecular weight excluding hydrogens is 244 g/mol. The second-order valence-electron chi connectivity index (χ2n) is 5.39. The number of piperazine rings is 1. The molecule has 1 aliphatic rings. The van der Waals surface area contributed by atoms with Gasteiger partial charge in [0.1, 0.15) is 10.8 Å². The van der Waals surface area contributed by atoms with Crippen molar-refractivity contribution in [3.63, 3.8) is 0 Å². The van der Waals surface area contributed by atoms with Crippen molar-refractivity contribution in [3.8, 4) is 0 Å². The summed E-state index contributed by atoms with van der Waals surface area (Å²) in [7, 11) is 2.16. The molecule has 0 spiro atoms. The molecule has 1 aliphatic heterocycles. The fourth-order valence-electron chi connectivity index (χ4n) is 2.26. The molecule has 1 aromatic rings. The Hall–Kier alpha value is -1.20. The summed E-state index contributed by atoms with van der Waals surface area (Å²) in [5, 5.41) is 0. The maximum Gasteiger partial charge on any atom is 0.138 e. The predicted octanol–water partition coefficient (Wildman–Crippen LogP) is 1.25. The predicted molar refractivity (Wildman–Crippen MR) is 79.0 cm³/mol. The number of thiocarbonyl (C=S) groups is 1. The highest BCUT2D eigenvalue weighted by Crippen LogP contribution is 2.25. The fraction of sp³-hybridized carbons (Fsp3) is 0.538. The molecular formula is C13H20N4S. The fourth-order valence-corrected chi connectivity index (χ4v) is 2.42. The van der Waals surface area contributed by atoms with Crippen molar-refractivity contribution >= 4 is 23.0 Å². The van der Waals surface area contributed by atoms with E-state index in [0.29, 0.717) is 4.99 Å². The van der Waals surface area contributed by atoms with E-state index in [1.807, 2.05) is 12.1 Å². The Morgan fingerprint density at radius 2 is 2.17 bits per heavy atom. The van der Waals surface area contributed by atoms with Crippen molar-refractivity contribution in [1.82, 2.24) is 9.88 Å². The summed E-state index contributed by atoms with van der Waals surface area (Å²) >= 11 is 5.10. The number of nitrogens with zero attached hydrogens (tertiary/aromatic N) is 3. The van der Waals surface area contributed by atoms with E-state index in [1.165, 1.54) is 0 Å². The number of likely N-dealkylation sites (N-methyl/N-ethyl adjacent to an activating group) is 1. The van der Waals surface area contributed by atoms with Crippen molar-refractivity contribution in [3.05, 3.63) is 23.9 Å². The van der Waals surface area contributed by atoms with E-state index in [4.69, 9.17) is 18.0 Å². The number of hydrogen-bond donors (Lipinski definition) is 1. The van der Waals surface area contributed by atoms with Gasteiger partial charge in [-0.25, -0.2) is 4.98 Å². The molecule has 0 aliphatic carbocycles. The summed E-state index contributed by atoms with van der Waals surface area (Å²) in [4.78, 5) is 9.51. The van der Waals surface area contributed by atoms with Crippen LogP contribution in [0, 0.1) is 0 Å². The zero-order valence-corrected chi connectivity index (χ0v) is 12.0. The van der Waals surface area contributed by atoms with Crippen LogP contribution in [0.15, 0.2) is 18.3 Å². The van der Waals surface area contributed by atoms with Crippen LogP contribution in [0.3, 0.4) is 0 Å². The monoisotopic (exact) mass is 264 g/mol. The number of rotatable bonds is 2. The Bertz CT molecular complexity index is 458. The molecule has 0 bridgehead atoms. The molecule has 1 aromatic heterocycles. The number of nitrogens with two attached hydrogens (primary N) is 1. The Kier molecular flexibility index (Phi) is 3.54. The lowest BCUT2D eigenvalue weighted by molar-refractivity contribution is 0.138. The highest BCUT2D eigenvalue weighted by Gasteiger charge is 2.32. The molecule has 2 heterocycles. The summed E-state index contributed by atoms with van der Waals surface area (Å²) < 4.78 is 0. The van der Waals surface area contributed by atoms with Gasteiger partial charge in [0.2, 0.25) is 0 Å². The molecule has 1 saturated heterocycles. The third kappa shape index (κ3) is 2.47. The standard InChI is InChI=1S/C13H20N4S/c1-13(2)9-17(8-7-16(13)3)12-10(11(14)18)5-4-6-15-12/h4-6H,7-9H2,1-3H3,(H2,14,18). The zero-order chi connectivity index (χ0) is 13.3. The maximum absolute atomic E-state index is 5.77. The minimum atomic E-state index is 0.128. The first-order valence-electron chi connectivity index (χ1n) is 6.13. The highest BCUT2D eigenvalue weighted by atomic mass is 32.1. The number of hydrogen-bond acceptors (Lipinski definition) is 4. The average Bonchev–Trinajstić information content (AvgIpc) is 2.32. The lowest BCUT2D eigenvalue weighted by atomic mass is 9.99. The third-order valence-electron chi connectivity index (χ3n) is 3.67. The van der Waals surface area contributed by atoms with Crippen molar-refractivity contribution < 1.29 is 0 Å². The average molecular weight is 264 g/mol. The lowest BCUT2D eigenvalue weighted by Gasteiger charge is -2.46. The summed E-state index contributed by atoms with van der Waals surface area (Å²) in [5.74, 6) is 0.908. The highest BCUT2D eigenvalue weighted by molar-refractivity contribution is 7.80. The van der Waals surface area contributed by atoms with Crippen LogP contribution < -0.4 is 10.6 Å². The minimum Gasteiger partial charge on any atom is -0.389 e. The smallest absolute Gasteiger partial charge is 0.138 e. The minimum absolute atomic E-state index is 0.128. The first kappa shape index (κ1) is 13.2. The SMILES string of the molecule is CN1CCN(c2ncccc2C(N)=S)CC1(C)C. The Morgan fingerprint density at radius 1 is 1.44 bits per heavy atom. The zero-order valence-electron chi connectivity index (χ0n) is 11.2. The normalized spacial score (nSPS) is 19.8. The molecule has 4 nitrogen and oxygen atoms in total. The molecule has 2 rings (SSSR count). The largest absolute Gasteiger partial charge is 0.389 e. The maximum atomic E-state index is 5.77. The van der Waals surface area contributed by atoms with E-state index in [0.717, 1.165) is 31.0 Å². The second-order valence-corrected chi connectivity index (χ2v) is 5.83. The number of pyridine rings is 1. The van der Waals surface area contributed by atoms with Crippen molar-refractivity contribution in [1.29, 1.82) is 0 Å². The quantitative estimate of drug-likeness (QED) is 0.815. The van der Waals surface area contributed by atoms with Gasteiger partial charge in [-0.1, -0.05) is 12.2 Å². The summed E-state index contributed by atoms with van der Waals surface area (Å²) in [6, 6.07) is 3.81. The van der Waals surface area contributed by atoms with Crippen LogP contribution in [0.5, 0.6) is 0 Å². The van der Waals surface area contributed by atoms with Gasteiger partial charge in [-0.2, -0.15) is 0 Å². The second kappa shape index (κ2) is 4.82. The molecule has 0 aromatic carbocycles. The van der Waals surface area contributed by atoms with Crippen LogP contribution in [-0.2, 0) is 0 Å². The molecule has 0 saturated carbocycles. The van der Waals surface area contributed by atoms with Gasteiger partial charge in [0.05, 0.1) is 5.56 Å². The lowest BCUT2D eigenvalue weighted by Crippen LogP contribution is -2.58. The number of anilines is 1. The summed E-state index contributed by atoms with van der Waals surface area (Å²) in [6.07, 6.45) is 1.79. The van der Waals surface area contributed by atoms with E-state index >= 15 is 0 Å². The molecule has 2 N–H and O–H groups in total. The van der Waals surface area contributed by atoms with E-state index < -0.39 is 0 Å². The van der Waals surface area contributed by atoms with Gasteiger partial charge in [-0.15, -0.1) is 0 Å². The van der Waals surface area contributed by atoms with Crippen molar-refractivity contribution in [2.24, 2.45) is 5.73 Å². The summed E-state index contributed by atoms with van der Waals surface area (Å²) in [5.41, 5.74) is 6.77. The van der Waals surface area contributed by atoms with Gasteiger partial charge in [0, 0.05) is 31.4 Å². The van der Waals surface area contributed by atoms with Crippen LogP contribution >= 0.6 is 12.2 Å². The van der Waals surface area contributed by atoms with Crippen LogP contribution in [0.4, 0.5) is 5.82 Å². The van der Waals surface area contributed by atoms with Crippen LogP contribution in [0.1, 0.15) is 19.4 Å². The molecule has 18 heavy (non-hydrogen) atoms. The van der Waals surface area contributed by atoms with Crippen molar-refractivity contribution in [2.75, 3.05) is 31.6 Å². The van der Waals surface area contributed by atoms with Crippen LogP contribution in [-0.4, -0.2) is 47.1 Å².